The average molecular weight is 275 g/mol. The molecule has 0 atom stereocenters. The lowest BCUT2D eigenvalue weighted by atomic mass is 10.1. The molecule has 3 nitrogen and oxygen atoms in total. The van der Waals surface area contributed by atoms with Gasteiger partial charge in [0.1, 0.15) is 0 Å². The third-order valence-corrected chi connectivity index (χ3v) is 3.19. The Morgan fingerprint density at radius 2 is 1.95 bits per heavy atom. The Kier molecular flexibility index (Phi) is 8.40. The highest BCUT2D eigenvalue weighted by Gasteiger charge is 2.00. The molecule has 110 valence electrons. The smallest absolute Gasteiger partial charge is 0.305 e. The lowest BCUT2D eigenvalue weighted by molar-refractivity contribution is -0.140. The maximum Gasteiger partial charge on any atom is 0.305 e. The zero-order valence-corrected chi connectivity index (χ0v) is 12.3. The van der Waals surface area contributed by atoms with Crippen LogP contribution in [0, 0.1) is 0 Å². The van der Waals surface area contributed by atoms with Crippen LogP contribution < -0.4 is 5.73 Å². The van der Waals surface area contributed by atoms with Crippen molar-refractivity contribution in [1.29, 1.82) is 0 Å². The first-order valence-electron chi connectivity index (χ1n) is 7.28. The number of hydrogen-bond donors (Lipinski definition) is 1. The van der Waals surface area contributed by atoms with Crippen LogP contribution in [-0.2, 0) is 16.0 Å². The van der Waals surface area contributed by atoms with Crippen molar-refractivity contribution in [3.8, 4) is 0 Å². The summed E-state index contributed by atoms with van der Waals surface area (Å²) in [7, 11) is 1.43. The summed E-state index contributed by atoms with van der Waals surface area (Å²) in [4.78, 5) is 11.0. The summed E-state index contributed by atoms with van der Waals surface area (Å²) in [5.74, 6) is -0.137. The van der Waals surface area contributed by atoms with Crippen molar-refractivity contribution < 1.29 is 9.53 Å². The van der Waals surface area contributed by atoms with Crippen LogP contribution in [-0.4, -0.2) is 19.6 Å². The first-order valence-corrected chi connectivity index (χ1v) is 7.28. The summed E-state index contributed by atoms with van der Waals surface area (Å²) in [5.41, 5.74) is 7.93. The minimum absolute atomic E-state index is 0.137. The molecule has 0 unspecified atom stereocenters. The second kappa shape index (κ2) is 10.2. The Bertz CT molecular complexity index is 410. The van der Waals surface area contributed by atoms with E-state index in [0.717, 1.165) is 38.6 Å². The van der Waals surface area contributed by atoms with Gasteiger partial charge in [0.25, 0.3) is 0 Å². The molecule has 0 radical (unpaired) electrons. The van der Waals surface area contributed by atoms with Crippen LogP contribution in [0.15, 0.2) is 30.3 Å². The van der Waals surface area contributed by atoms with E-state index in [9.17, 15) is 4.79 Å². The van der Waals surface area contributed by atoms with Crippen molar-refractivity contribution in [2.45, 2.75) is 38.5 Å². The summed E-state index contributed by atoms with van der Waals surface area (Å²) < 4.78 is 4.62. The number of allylic oxidation sites excluding steroid dienone is 1. The Labute approximate surface area is 121 Å². The zero-order chi connectivity index (χ0) is 14.6. The first kappa shape index (κ1) is 16.4. The van der Waals surface area contributed by atoms with Crippen LogP contribution in [0.5, 0.6) is 0 Å². The minimum atomic E-state index is -0.137. The number of rotatable bonds is 9. The monoisotopic (exact) mass is 275 g/mol. The number of unbranched alkanes of at least 4 members (excludes halogenated alkanes) is 2. The summed E-state index contributed by atoms with van der Waals surface area (Å²) in [6, 6.07) is 8.48. The van der Waals surface area contributed by atoms with E-state index in [-0.39, 0.29) is 5.97 Å². The maximum absolute atomic E-state index is 11.0. The van der Waals surface area contributed by atoms with Gasteiger partial charge in [0.05, 0.1) is 7.11 Å². The molecule has 1 aromatic rings. The number of esters is 1. The number of carbonyl (C=O) groups excluding carboxylic acids is 1. The van der Waals surface area contributed by atoms with E-state index < -0.39 is 0 Å². The van der Waals surface area contributed by atoms with E-state index in [4.69, 9.17) is 5.73 Å². The van der Waals surface area contributed by atoms with Gasteiger partial charge in [-0.2, -0.15) is 0 Å². The standard InChI is InChI=1S/C17H25NO2/c1-20-17(19)9-6-8-16-12-10-15(11-13-16)7-4-2-3-5-14-18/h4,7,10-13H,2-3,5-6,8-9,14,18H2,1H3. The highest BCUT2D eigenvalue weighted by molar-refractivity contribution is 5.69. The van der Waals surface area contributed by atoms with Crippen molar-refractivity contribution in [3.63, 3.8) is 0 Å². The lowest BCUT2D eigenvalue weighted by Crippen LogP contribution is -2.00. The maximum atomic E-state index is 11.0. The number of nitrogens with two attached hydrogens (primary N) is 1. The largest absolute Gasteiger partial charge is 0.469 e. The topological polar surface area (TPSA) is 52.3 Å². The molecular weight excluding hydrogens is 250 g/mol. The number of aryl methyl sites for hydroxylation is 1. The molecule has 0 aliphatic rings. The first-order chi connectivity index (χ1) is 9.76. The van der Waals surface area contributed by atoms with E-state index in [0.29, 0.717) is 6.42 Å². The van der Waals surface area contributed by atoms with Gasteiger partial charge in [-0.1, -0.05) is 36.4 Å². The fourth-order valence-electron chi connectivity index (χ4n) is 1.96. The molecule has 0 spiro atoms. The Morgan fingerprint density at radius 3 is 2.60 bits per heavy atom. The van der Waals surface area contributed by atoms with E-state index in [1.165, 1.54) is 18.2 Å². The van der Waals surface area contributed by atoms with E-state index in [1.54, 1.807) is 0 Å². The summed E-state index contributed by atoms with van der Waals surface area (Å²) in [6.45, 7) is 0.772. The average Bonchev–Trinajstić information content (AvgIpc) is 2.48. The van der Waals surface area contributed by atoms with Crippen molar-refractivity contribution in [3.05, 3.63) is 41.5 Å². The molecule has 0 amide bonds. The fourth-order valence-corrected chi connectivity index (χ4v) is 1.96. The number of hydrogen-bond acceptors (Lipinski definition) is 3. The van der Waals surface area contributed by atoms with Crippen molar-refractivity contribution in [1.82, 2.24) is 0 Å². The normalized spacial score (nSPS) is 10.9. The van der Waals surface area contributed by atoms with Crippen molar-refractivity contribution in [2.75, 3.05) is 13.7 Å². The van der Waals surface area contributed by atoms with Crippen LogP contribution >= 0.6 is 0 Å². The summed E-state index contributed by atoms with van der Waals surface area (Å²) in [6.07, 6.45) is 9.90. The molecule has 0 fully saturated rings. The van der Waals surface area contributed by atoms with Crippen LogP contribution in [0.3, 0.4) is 0 Å². The highest BCUT2D eigenvalue weighted by Crippen LogP contribution is 2.10. The Morgan fingerprint density at radius 1 is 1.20 bits per heavy atom. The predicted octanol–water partition coefficient (Wildman–Crippen LogP) is 3.32. The van der Waals surface area contributed by atoms with Crippen LogP contribution in [0.25, 0.3) is 6.08 Å². The molecule has 0 aliphatic heterocycles. The van der Waals surface area contributed by atoms with Gasteiger partial charge >= 0.3 is 5.97 Å². The van der Waals surface area contributed by atoms with Crippen LogP contribution in [0.4, 0.5) is 0 Å². The second-order valence-corrected chi connectivity index (χ2v) is 4.86. The molecule has 2 N–H and O–H groups in total. The molecule has 0 aromatic heterocycles. The van der Waals surface area contributed by atoms with Gasteiger partial charge in [0, 0.05) is 6.42 Å². The fraction of sp³-hybridized carbons (Fsp3) is 0.471. The van der Waals surface area contributed by atoms with Gasteiger partial charge in [0.2, 0.25) is 0 Å². The van der Waals surface area contributed by atoms with Crippen LogP contribution in [0.2, 0.25) is 0 Å². The van der Waals surface area contributed by atoms with Crippen LogP contribution in [0.1, 0.15) is 43.2 Å². The van der Waals surface area contributed by atoms with E-state index in [1.807, 2.05) is 0 Å². The SMILES string of the molecule is COC(=O)CCCc1ccc(C=CCCCCN)cc1. The molecule has 0 aliphatic carbocycles. The highest BCUT2D eigenvalue weighted by atomic mass is 16.5. The third kappa shape index (κ3) is 7.10. The predicted molar refractivity (Wildman–Crippen MR) is 83.3 cm³/mol. The molecule has 20 heavy (non-hydrogen) atoms. The van der Waals surface area contributed by atoms with Crippen molar-refractivity contribution >= 4 is 12.0 Å². The van der Waals surface area contributed by atoms with Gasteiger partial charge in [-0.15, -0.1) is 0 Å². The number of benzene rings is 1. The van der Waals surface area contributed by atoms with Gasteiger partial charge < -0.3 is 10.5 Å². The van der Waals surface area contributed by atoms with Gasteiger partial charge in [-0.3, -0.25) is 4.79 Å². The third-order valence-electron chi connectivity index (χ3n) is 3.19. The van der Waals surface area contributed by atoms with Crippen molar-refractivity contribution in [2.24, 2.45) is 5.73 Å². The number of carbonyl (C=O) groups is 1. The van der Waals surface area contributed by atoms with Gasteiger partial charge in [-0.25, -0.2) is 0 Å². The minimum Gasteiger partial charge on any atom is -0.469 e. The van der Waals surface area contributed by atoms with E-state index in [2.05, 4.69) is 41.2 Å². The molecule has 0 saturated heterocycles. The molecule has 0 bridgehead atoms. The molecule has 0 heterocycles. The van der Waals surface area contributed by atoms with E-state index >= 15 is 0 Å². The molecule has 1 aromatic carbocycles. The lowest BCUT2D eigenvalue weighted by Gasteiger charge is -2.02. The molecule has 3 heteroatoms. The Balaban J connectivity index is 2.30. The second-order valence-electron chi connectivity index (χ2n) is 4.86. The molecule has 0 saturated carbocycles. The van der Waals surface area contributed by atoms with Gasteiger partial charge in [0.15, 0.2) is 0 Å². The summed E-state index contributed by atoms with van der Waals surface area (Å²) >= 11 is 0. The Hall–Kier alpha value is -1.61. The van der Waals surface area contributed by atoms with Gasteiger partial charge in [-0.05, 0) is 49.8 Å². The molecular formula is C17H25NO2. The quantitative estimate of drug-likeness (QED) is 0.555. The summed E-state index contributed by atoms with van der Waals surface area (Å²) in [5, 5.41) is 0. The number of ether oxygens (including phenoxy) is 1. The molecule has 1 rings (SSSR count). The zero-order valence-electron chi connectivity index (χ0n) is 12.3. The number of methoxy groups -OCH3 is 1.